The van der Waals surface area contributed by atoms with Crippen LogP contribution in [-0.2, 0) is 13.5 Å². The fraction of sp³-hybridized carbons (Fsp3) is 0.276. The van der Waals surface area contributed by atoms with E-state index in [1.54, 1.807) is 19.3 Å². The smallest absolute Gasteiger partial charge is 0.263 e. The standard InChI is InChI=1S/C29H28F2N6O/c1-36-28(38)26(19-7-8-23(30)24(31)13-19)27(35-29(36)37-17-21-15-22(37)16-34-21)20-10-12-33-25(14-20)32-11-9-18-5-3-2-4-6-18/h2-8,10,12-14,21-22,34H,9,11,15-17H2,1H3,(H,32,33). The number of aromatic nitrogens is 3. The molecule has 2 aromatic carbocycles. The summed E-state index contributed by atoms with van der Waals surface area (Å²) in [7, 11) is 1.68. The van der Waals surface area contributed by atoms with Crippen molar-refractivity contribution in [3.05, 3.63) is 94.4 Å². The third kappa shape index (κ3) is 4.54. The number of nitrogens with one attached hydrogen (secondary N) is 2. The van der Waals surface area contributed by atoms with Crippen LogP contribution >= 0.6 is 0 Å². The molecular weight excluding hydrogens is 486 g/mol. The topological polar surface area (TPSA) is 75.1 Å². The second kappa shape index (κ2) is 9.98. The molecule has 0 spiro atoms. The SMILES string of the molecule is Cn1c(N2CC3CC2CN3)nc(-c2ccnc(NCCc3ccccc3)c2)c(-c2ccc(F)c(F)c2)c1=O. The van der Waals surface area contributed by atoms with Gasteiger partial charge in [0.25, 0.3) is 5.56 Å². The first-order valence-corrected chi connectivity index (χ1v) is 12.8. The summed E-state index contributed by atoms with van der Waals surface area (Å²) in [5.41, 5.74) is 2.48. The van der Waals surface area contributed by atoms with Crippen LogP contribution in [-0.4, -0.2) is 46.3 Å². The van der Waals surface area contributed by atoms with E-state index in [9.17, 15) is 13.6 Å². The maximum absolute atomic E-state index is 14.3. The molecule has 4 aromatic rings. The molecule has 2 aliphatic rings. The minimum atomic E-state index is -1.01. The number of hydrogen-bond donors (Lipinski definition) is 2. The van der Waals surface area contributed by atoms with Crippen LogP contribution in [0.1, 0.15) is 12.0 Å². The third-order valence-electron chi connectivity index (χ3n) is 7.38. The van der Waals surface area contributed by atoms with Gasteiger partial charge in [0.1, 0.15) is 5.82 Å². The number of benzene rings is 2. The van der Waals surface area contributed by atoms with E-state index < -0.39 is 11.6 Å². The van der Waals surface area contributed by atoms with Gasteiger partial charge in [0.05, 0.1) is 11.3 Å². The van der Waals surface area contributed by atoms with Crippen LogP contribution in [0.3, 0.4) is 0 Å². The maximum Gasteiger partial charge on any atom is 0.263 e. The van der Waals surface area contributed by atoms with Crippen LogP contribution in [0.25, 0.3) is 22.4 Å². The van der Waals surface area contributed by atoms with Crippen LogP contribution < -0.4 is 21.1 Å². The summed E-state index contributed by atoms with van der Waals surface area (Å²) < 4.78 is 29.5. The molecule has 194 valence electrons. The van der Waals surface area contributed by atoms with Crippen molar-refractivity contribution in [3.8, 4) is 22.4 Å². The van der Waals surface area contributed by atoms with Crippen molar-refractivity contribution in [1.82, 2.24) is 19.9 Å². The molecule has 0 amide bonds. The van der Waals surface area contributed by atoms with E-state index in [0.717, 1.165) is 38.1 Å². The van der Waals surface area contributed by atoms with E-state index in [1.807, 2.05) is 24.3 Å². The number of fused-ring (bicyclic) bond motifs is 2. The molecule has 2 N–H and O–H groups in total. The largest absolute Gasteiger partial charge is 0.370 e. The lowest BCUT2D eigenvalue weighted by Crippen LogP contribution is -2.46. The summed E-state index contributed by atoms with van der Waals surface area (Å²) in [5, 5.41) is 6.82. The van der Waals surface area contributed by atoms with E-state index in [1.165, 1.54) is 16.2 Å². The van der Waals surface area contributed by atoms with Crippen LogP contribution in [0.15, 0.2) is 71.7 Å². The van der Waals surface area contributed by atoms with E-state index >= 15 is 0 Å². The summed E-state index contributed by atoms with van der Waals surface area (Å²) in [6.45, 7) is 2.28. The highest BCUT2D eigenvalue weighted by atomic mass is 19.2. The highest BCUT2D eigenvalue weighted by Crippen LogP contribution is 2.34. The first-order chi connectivity index (χ1) is 18.5. The molecule has 2 fully saturated rings. The van der Waals surface area contributed by atoms with Gasteiger partial charge < -0.3 is 15.5 Å². The molecule has 7 nitrogen and oxygen atoms in total. The van der Waals surface area contributed by atoms with E-state index in [2.05, 4.69) is 32.7 Å². The first kappa shape index (κ1) is 24.2. The van der Waals surface area contributed by atoms with Gasteiger partial charge in [-0.05, 0) is 48.2 Å². The van der Waals surface area contributed by atoms with Gasteiger partial charge in [0.15, 0.2) is 11.6 Å². The quantitative estimate of drug-likeness (QED) is 0.389. The van der Waals surface area contributed by atoms with E-state index in [4.69, 9.17) is 4.98 Å². The molecule has 2 atom stereocenters. The molecule has 4 heterocycles. The Labute approximate surface area is 219 Å². The monoisotopic (exact) mass is 514 g/mol. The Hall–Kier alpha value is -4.11. The maximum atomic E-state index is 14.3. The van der Waals surface area contributed by atoms with Gasteiger partial charge in [-0.25, -0.2) is 18.7 Å². The molecular formula is C29H28F2N6O. The highest BCUT2D eigenvalue weighted by Gasteiger charge is 2.39. The third-order valence-corrected chi connectivity index (χ3v) is 7.38. The predicted octanol–water partition coefficient (Wildman–Crippen LogP) is 3.99. The molecule has 6 rings (SSSR count). The molecule has 9 heteroatoms. The Balaban J connectivity index is 1.41. The predicted molar refractivity (Wildman–Crippen MR) is 144 cm³/mol. The molecule has 2 aromatic heterocycles. The normalized spacial score (nSPS) is 18.2. The zero-order valence-corrected chi connectivity index (χ0v) is 21.0. The van der Waals surface area contributed by atoms with Crippen LogP contribution in [0, 0.1) is 11.6 Å². The van der Waals surface area contributed by atoms with Crippen molar-refractivity contribution in [1.29, 1.82) is 0 Å². The summed E-state index contributed by atoms with van der Waals surface area (Å²) in [5.74, 6) is -0.768. The molecule has 2 saturated heterocycles. The van der Waals surface area contributed by atoms with Crippen molar-refractivity contribution in [2.75, 3.05) is 29.9 Å². The molecule has 2 bridgehead atoms. The minimum Gasteiger partial charge on any atom is -0.370 e. The van der Waals surface area contributed by atoms with Gasteiger partial charge in [-0.15, -0.1) is 0 Å². The Morgan fingerprint density at radius 2 is 1.89 bits per heavy atom. The summed E-state index contributed by atoms with van der Waals surface area (Å²) in [6.07, 6.45) is 3.49. The fourth-order valence-corrected chi connectivity index (χ4v) is 5.43. The summed E-state index contributed by atoms with van der Waals surface area (Å²) in [6, 6.07) is 17.9. The highest BCUT2D eigenvalue weighted by molar-refractivity contribution is 5.82. The average Bonchev–Trinajstić information content (AvgIpc) is 3.57. The van der Waals surface area contributed by atoms with Crippen LogP contribution in [0.4, 0.5) is 20.5 Å². The number of piperazine rings is 1. The average molecular weight is 515 g/mol. The van der Waals surface area contributed by atoms with E-state index in [0.29, 0.717) is 35.6 Å². The number of anilines is 2. The molecule has 0 radical (unpaired) electrons. The number of rotatable bonds is 7. The van der Waals surface area contributed by atoms with Crippen LogP contribution in [0.2, 0.25) is 0 Å². The molecule has 38 heavy (non-hydrogen) atoms. The molecule has 0 aliphatic carbocycles. The van der Waals surface area contributed by atoms with Gasteiger partial charge in [0, 0.05) is 50.5 Å². The molecule has 2 unspecified atom stereocenters. The van der Waals surface area contributed by atoms with Crippen molar-refractivity contribution >= 4 is 11.8 Å². The zero-order chi connectivity index (χ0) is 26.2. The van der Waals surface area contributed by atoms with Crippen molar-refractivity contribution < 1.29 is 8.78 Å². The number of halogens is 2. The Morgan fingerprint density at radius 1 is 1.05 bits per heavy atom. The molecule has 0 saturated carbocycles. The van der Waals surface area contributed by atoms with Gasteiger partial charge >= 0.3 is 0 Å². The van der Waals surface area contributed by atoms with Crippen molar-refractivity contribution in [3.63, 3.8) is 0 Å². The lowest BCUT2D eigenvalue weighted by molar-refractivity contribution is 0.509. The van der Waals surface area contributed by atoms with Gasteiger partial charge in [-0.2, -0.15) is 0 Å². The number of hydrogen-bond acceptors (Lipinski definition) is 6. The summed E-state index contributed by atoms with van der Waals surface area (Å²) >= 11 is 0. The van der Waals surface area contributed by atoms with Gasteiger partial charge in [0.2, 0.25) is 5.95 Å². The van der Waals surface area contributed by atoms with Gasteiger partial charge in [-0.3, -0.25) is 9.36 Å². The minimum absolute atomic E-state index is 0.221. The lowest BCUT2D eigenvalue weighted by atomic mass is 10.0. The Kier molecular flexibility index (Phi) is 6.37. The number of pyridine rings is 1. The lowest BCUT2D eigenvalue weighted by Gasteiger charge is -2.30. The number of nitrogens with zero attached hydrogens (tertiary/aromatic N) is 4. The summed E-state index contributed by atoms with van der Waals surface area (Å²) in [4.78, 5) is 25.4. The van der Waals surface area contributed by atoms with E-state index in [-0.39, 0.29) is 22.7 Å². The first-order valence-electron chi connectivity index (χ1n) is 12.8. The van der Waals surface area contributed by atoms with Crippen molar-refractivity contribution in [2.24, 2.45) is 7.05 Å². The second-order valence-electron chi connectivity index (χ2n) is 9.87. The Morgan fingerprint density at radius 3 is 2.63 bits per heavy atom. The second-order valence-corrected chi connectivity index (χ2v) is 9.87. The van der Waals surface area contributed by atoms with Crippen molar-refractivity contribution in [2.45, 2.75) is 24.9 Å². The Bertz CT molecular complexity index is 1540. The molecule has 2 aliphatic heterocycles. The van der Waals surface area contributed by atoms with Gasteiger partial charge in [-0.1, -0.05) is 36.4 Å². The van der Waals surface area contributed by atoms with Crippen LogP contribution in [0.5, 0.6) is 0 Å². The zero-order valence-electron chi connectivity index (χ0n) is 21.0. The fourth-order valence-electron chi connectivity index (χ4n) is 5.43.